The lowest BCUT2D eigenvalue weighted by Gasteiger charge is -2.33. The summed E-state index contributed by atoms with van der Waals surface area (Å²) in [6.45, 7) is 8.73. The molecule has 6 nitrogen and oxygen atoms in total. The molecule has 1 heterocycles. The SMILES string of the molecule is CCOC(=O)c1c(NC(=O)CCCC(=O)O)sc2c1CCC(C(C)(C)C)C2. The van der Waals surface area contributed by atoms with Crippen LogP contribution in [0.3, 0.4) is 0 Å². The summed E-state index contributed by atoms with van der Waals surface area (Å²) in [6.07, 6.45) is 3.04. The molecule has 0 fully saturated rings. The van der Waals surface area contributed by atoms with Crippen molar-refractivity contribution in [2.45, 2.75) is 66.2 Å². The van der Waals surface area contributed by atoms with Gasteiger partial charge in [-0.25, -0.2) is 4.79 Å². The number of carboxylic acid groups (broad SMARTS) is 1. The van der Waals surface area contributed by atoms with Gasteiger partial charge in [0.2, 0.25) is 5.91 Å². The van der Waals surface area contributed by atoms with Crippen molar-refractivity contribution in [3.63, 3.8) is 0 Å². The third kappa shape index (κ3) is 5.54. The number of nitrogens with one attached hydrogen (secondary N) is 1. The Kier molecular flexibility index (Phi) is 7.03. The number of hydrogen-bond donors (Lipinski definition) is 2. The van der Waals surface area contributed by atoms with Crippen molar-refractivity contribution in [1.29, 1.82) is 0 Å². The molecule has 27 heavy (non-hydrogen) atoms. The van der Waals surface area contributed by atoms with E-state index in [1.807, 2.05) is 0 Å². The maximum Gasteiger partial charge on any atom is 0.341 e. The first-order valence-electron chi connectivity index (χ1n) is 9.46. The first-order chi connectivity index (χ1) is 12.6. The quantitative estimate of drug-likeness (QED) is 0.673. The van der Waals surface area contributed by atoms with E-state index in [2.05, 4.69) is 26.1 Å². The second kappa shape index (κ2) is 8.87. The Balaban J connectivity index is 2.23. The molecular formula is C20H29NO5S. The summed E-state index contributed by atoms with van der Waals surface area (Å²) in [5.74, 6) is -1.06. The second-order valence-corrected chi connectivity index (χ2v) is 9.13. The zero-order valence-corrected chi connectivity index (χ0v) is 17.3. The Labute approximate surface area is 164 Å². The van der Waals surface area contributed by atoms with E-state index < -0.39 is 11.9 Å². The van der Waals surface area contributed by atoms with Crippen LogP contribution in [0.5, 0.6) is 0 Å². The lowest BCUT2D eigenvalue weighted by Crippen LogP contribution is -2.26. The average molecular weight is 396 g/mol. The standard InChI is InChI=1S/C20H29NO5S/c1-5-26-19(25)17-13-10-9-12(20(2,3)4)11-14(13)27-18(17)21-15(22)7-6-8-16(23)24/h12H,5-11H2,1-4H3,(H,21,22)(H,23,24). The van der Waals surface area contributed by atoms with Gasteiger partial charge >= 0.3 is 11.9 Å². The number of anilines is 1. The van der Waals surface area contributed by atoms with Crippen molar-refractivity contribution in [2.75, 3.05) is 11.9 Å². The summed E-state index contributed by atoms with van der Waals surface area (Å²) < 4.78 is 5.22. The summed E-state index contributed by atoms with van der Waals surface area (Å²) in [6, 6.07) is 0. The van der Waals surface area contributed by atoms with E-state index in [1.165, 1.54) is 11.3 Å². The van der Waals surface area contributed by atoms with Gasteiger partial charge < -0.3 is 15.2 Å². The Morgan fingerprint density at radius 1 is 1.26 bits per heavy atom. The highest BCUT2D eigenvalue weighted by Crippen LogP contribution is 2.44. The smallest absolute Gasteiger partial charge is 0.341 e. The highest BCUT2D eigenvalue weighted by Gasteiger charge is 2.34. The van der Waals surface area contributed by atoms with Crippen molar-refractivity contribution in [3.05, 3.63) is 16.0 Å². The Bertz CT molecular complexity index is 717. The Hall–Kier alpha value is -1.89. The van der Waals surface area contributed by atoms with E-state index >= 15 is 0 Å². The van der Waals surface area contributed by atoms with Crippen molar-refractivity contribution in [2.24, 2.45) is 11.3 Å². The molecule has 1 atom stereocenters. The number of esters is 1. The Morgan fingerprint density at radius 2 is 1.96 bits per heavy atom. The molecule has 0 saturated carbocycles. The van der Waals surface area contributed by atoms with Crippen LogP contribution >= 0.6 is 11.3 Å². The molecule has 2 N–H and O–H groups in total. The third-order valence-electron chi connectivity index (χ3n) is 5.02. The van der Waals surface area contributed by atoms with Crippen LogP contribution < -0.4 is 5.32 Å². The fourth-order valence-corrected chi connectivity index (χ4v) is 4.75. The van der Waals surface area contributed by atoms with Gasteiger partial charge in [0.25, 0.3) is 0 Å². The summed E-state index contributed by atoms with van der Waals surface area (Å²) in [7, 11) is 0. The number of fused-ring (bicyclic) bond motifs is 1. The van der Waals surface area contributed by atoms with Crippen molar-refractivity contribution in [1.82, 2.24) is 0 Å². The fraction of sp³-hybridized carbons (Fsp3) is 0.650. The molecule has 0 radical (unpaired) electrons. The normalized spacial score (nSPS) is 16.5. The number of aliphatic carboxylic acids is 1. The monoisotopic (exact) mass is 395 g/mol. The molecule has 7 heteroatoms. The average Bonchev–Trinajstić information content (AvgIpc) is 2.90. The van der Waals surface area contributed by atoms with Gasteiger partial charge in [-0.05, 0) is 49.5 Å². The van der Waals surface area contributed by atoms with E-state index in [4.69, 9.17) is 9.84 Å². The first kappa shape index (κ1) is 21.4. The van der Waals surface area contributed by atoms with Crippen LogP contribution in [0.15, 0.2) is 0 Å². The number of carboxylic acids is 1. The molecule has 1 aliphatic carbocycles. The van der Waals surface area contributed by atoms with Gasteiger partial charge in [-0.3, -0.25) is 9.59 Å². The van der Waals surface area contributed by atoms with Crippen LogP contribution in [-0.2, 0) is 27.2 Å². The maximum absolute atomic E-state index is 12.5. The van der Waals surface area contributed by atoms with Gasteiger partial charge in [-0.2, -0.15) is 0 Å². The molecule has 0 bridgehead atoms. The number of ether oxygens (including phenoxy) is 1. The minimum Gasteiger partial charge on any atom is -0.481 e. The lowest BCUT2D eigenvalue weighted by atomic mass is 9.72. The molecule has 1 unspecified atom stereocenters. The van der Waals surface area contributed by atoms with E-state index in [0.29, 0.717) is 16.5 Å². The van der Waals surface area contributed by atoms with Gasteiger partial charge in [0.1, 0.15) is 5.00 Å². The molecule has 150 valence electrons. The van der Waals surface area contributed by atoms with Crippen molar-refractivity contribution < 1.29 is 24.2 Å². The van der Waals surface area contributed by atoms with Crippen LogP contribution in [0.2, 0.25) is 0 Å². The van der Waals surface area contributed by atoms with E-state index in [-0.39, 0.29) is 37.2 Å². The fourth-order valence-electron chi connectivity index (χ4n) is 3.42. The number of rotatable bonds is 7. The molecule has 1 aromatic heterocycles. The molecule has 1 aliphatic rings. The van der Waals surface area contributed by atoms with Crippen LogP contribution in [0.4, 0.5) is 5.00 Å². The van der Waals surface area contributed by atoms with E-state index in [0.717, 1.165) is 29.7 Å². The van der Waals surface area contributed by atoms with Gasteiger partial charge in [-0.1, -0.05) is 20.8 Å². The molecule has 0 aromatic carbocycles. The molecule has 0 spiro atoms. The predicted molar refractivity (Wildman–Crippen MR) is 105 cm³/mol. The molecule has 1 aromatic rings. The van der Waals surface area contributed by atoms with Crippen LogP contribution in [0, 0.1) is 11.3 Å². The third-order valence-corrected chi connectivity index (χ3v) is 6.19. The Morgan fingerprint density at radius 3 is 2.56 bits per heavy atom. The summed E-state index contributed by atoms with van der Waals surface area (Å²) in [5.41, 5.74) is 1.67. The van der Waals surface area contributed by atoms with Crippen LogP contribution in [0.1, 0.15) is 74.2 Å². The van der Waals surface area contributed by atoms with Gasteiger partial charge in [0, 0.05) is 17.7 Å². The first-order valence-corrected chi connectivity index (χ1v) is 10.3. The zero-order chi connectivity index (χ0) is 20.2. The maximum atomic E-state index is 12.5. The molecule has 0 aliphatic heterocycles. The summed E-state index contributed by atoms with van der Waals surface area (Å²) in [5, 5.41) is 12.1. The number of carbonyl (C=O) groups is 3. The second-order valence-electron chi connectivity index (χ2n) is 8.03. The number of amides is 1. The molecule has 1 amide bonds. The molecular weight excluding hydrogens is 366 g/mol. The number of carbonyl (C=O) groups excluding carboxylic acids is 2. The lowest BCUT2D eigenvalue weighted by molar-refractivity contribution is -0.137. The van der Waals surface area contributed by atoms with Gasteiger partial charge in [0.15, 0.2) is 0 Å². The van der Waals surface area contributed by atoms with E-state index in [1.54, 1.807) is 6.92 Å². The van der Waals surface area contributed by atoms with Crippen LogP contribution in [0.25, 0.3) is 0 Å². The minimum absolute atomic E-state index is 0.0492. The zero-order valence-electron chi connectivity index (χ0n) is 16.5. The van der Waals surface area contributed by atoms with Crippen molar-refractivity contribution >= 4 is 34.2 Å². The highest BCUT2D eigenvalue weighted by atomic mass is 32.1. The number of thiophene rings is 1. The summed E-state index contributed by atoms with van der Waals surface area (Å²) in [4.78, 5) is 36.5. The largest absolute Gasteiger partial charge is 0.481 e. The predicted octanol–water partition coefficient (Wildman–Crippen LogP) is 4.27. The van der Waals surface area contributed by atoms with E-state index in [9.17, 15) is 14.4 Å². The molecule has 2 rings (SSSR count). The minimum atomic E-state index is -0.921. The van der Waals surface area contributed by atoms with Crippen LogP contribution in [-0.4, -0.2) is 29.6 Å². The van der Waals surface area contributed by atoms with Gasteiger partial charge in [-0.15, -0.1) is 11.3 Å². The topological polar surface area (TPSA) is 92.7 Å². The molecule has 0 saturated heterocycles. The summed E-state index contributed by atoms with van der Waals surface area (Å²) >= 11 is 1.45. The van der Waals surface area contributed by atoms with Crippen molar-refractivity contribution in [3.8, 4) is 0 Å². The number of hydrogen-bond acceptors (Lipinski definition) is 5. The highest BCUT2D eigenvalue weighted by molar-refractivity contribution is 7.17. The van der Waals surface area contributed by atoms with Gasteiger partial charge in [0.05, 0.1) is 12.2 Å².